The van der Waals surface area contributed by atoms with Gasteiger partial charge in [-0.05, 0) is 34.6 Å². The fourth-order valence-electron chi connectivity index (χ4n) is 1.23. The first-order valence-electron chi connectivity index (χ1n) is 8.71. The second-order valence-corrected chi connectivity index (χ2v) is 5.39. The minimum absolute atomic E-state index is 0.158. The molecule has 156 valence electrons. The highest BCUT2D eigenvalue weighted by molar-refractivity contribution is 5.81. The summed E-state index contributed by atoms with van der Waals surface area (Å²) in [6.45, 7) is 23.2. The molecule has 0 aromatic rings. The predicted molar refractivity (Wildman–Crippen MR) is 109 cm³/mol. The maximum absolute atomic E-state index is 11.0. The average molecular weight is 385 g/mol. The second kappa shape index (κ2) is 21.9. The summed E-state index contributed by atoms with van der Waals surface area (Å²) >= 11 is 0. The number of hydrogen-bond acceptors (Lipinski definition) is 6. The SMILES string of the molecule is C=CC.C=CC.C=CC(=O)OCC(C)OCC(C)OCC(C)OC(=O)C=C. The molecule has 0 aromatic heterocycles. The first-order valence-corrected chi connectivity index (χ1v) is 8.71. The molecule has 0 heterocycles. The van der Waals surface area contributed by atoms with E-state index in [4.69, 9.17) is 18.9 Å². The molecular formula is C21H36O6. The summed E-state index contributed by atoms with van der Waals surface area (Å²) in [7, 11) is 0. The van der Waals surface area contributed by atoms with Gasteiger partial charge in [0.15, 0.2) is 0 Å². The van der Waals surface area contributed by atoms with E-state index in [1.165, 1.54) is 0 Å². The molecule has 0 radical (unpaired) electrons. The zero-order chi connectivity index (χ0) is 21.7. The maximum Gasteiger partial charge on any atom is 0.330 e. The van der Waals surface area contributed by atoms with Crippen LogP contribution < -0.4 is 0 Å². The lowest BCUT2D eigenvalue weighted by Gasteiger charge is -2.19. The van der Waals surface area contributed by atoms with Crippen LogP contribution in [-0.2, 0) is 28.5 Å². The van der Waals surface area contributed by atoms with Gasteiger partial charge in [0.25, 0.3) is 0 Å². The molecule has 0 amide bonds. The van der Waals surface area contributed by atoms with Gasteiger partial charge in [0.2, 0.25) is 0 Å². The van der Waals surface area contributed by atoms with E-state index in [1.54, 1.807) is 26.0 Å². The van der Waals surface area contributed by atoms with Crippen LogP contribution in [0.3, 0.4) is 0 Å². The summed E-state index contributed by atoms with van der Waals surface area (Å²) in [5.41, 5.74) is 0. The number of hydrogen-bond donors (Lipinski definition) is 0. The lowest BCUT2D eigenvalue weighted by Crippen LogP contribution is -2.27. The second-order valence-electron chi connectivity index (χ2n) is 5.39. The molecule has 0 saturated carbocycles. The Kier molecular flexibility index (Phi) is 23.9. The number of carbonyl (C=O) groups excluding carboxylic acids is 2. The van der Waals surface area contributed by atoms with Crippen LogP contribution in [0, 0.1) is 0 Å². The van der Waals surface area contributed by atoms with E-state index in [-0.39, 0.29) is 31.5 Å². The zero-order valence-electron chi connectivity index (χ0n) is 17.4. The summed E-state index contributed by atoms with van der Waals surface area (Å²) in [6, 6.07) is 0. The van der Waals surface area contributed by atoms with Crippen LogP contribution in [0.1, 0.15) is 34.6 Å². The van der Waals surface area contributed by atoms with Crippen LogP contribution in [0.25, 0.3) is 0 Å². The molecule has 0 aliphatic rings. The van der Waals surface area contributed by atoms with E-state index in [0.29, 0.717) is 6.61 Å². The highest BCUT2D eigenvalue weighted by atomic mass is 16.6. The molecule has 0 N–H and O–H groups in total. The van der Waals surface area contributed by atoms with Crippen LogP contribution >= 0.6 is 0 Å². The third-order valence-electron chi connectivity index (χ3n) is 2.34. The van der Waals surface area contributed by atoms with E-state index in [1.807, 2.05) is 20.8 Å². The minimum atomic E-state index is -0.479. The van der Waals surface area contributed by atoms with Crippen LogP contribution in [0.15, 0.2) is 50.6 Å². The van der Waals surface area contributed by atoms with Crippen LogP contribution in [0.5, 0.6) is 0 Å². The van der Waals surface area contributed by atoms with Gasteiger partial charge in [-0.15, -0.1) is 13.2 Å². The normalized spacial score (nSPS) is 12.3. The molecule has 0 aliphatic heterocycles. The molecular weight excluding hydrogens is 348 g/mol. The van der Waals surface area contributed by atoms with E-state index >= 15 is 0 Å². The van der Waals surface area contributed by atoms with Crippen LogP contribution in [0.4, 0.5) is 0 Å². The molecule has 0 saturated heterocycles. The number of esters is 2. The van der Waals surface area contributed by atoms with Gasteiger partial charge in [-0.1, -0.05) is 25.3 Å². The minimum Gasteiger partial charge on any atom is -0.460 e. The Labute approximate surface area is 164 Å². The standard InChI is InChI=1S/C15H24O6.2C3H6/c1-6-14(16)20-9-12(4)18-8-11(3)19-10-13(5)21-15(17)7-2;2*1-3-2/h6-7,11-13H,1-2,8-10H2,3-5H3;2*3H,1H2,2H3. The third-order valence-corrected chi connectivity index (χ3v) is 2.34. The number of rotatable bonds is 11. The first kappa shape index (κ1) is 29.6. The van der Waals surface area contributed by atoms with Crippen molar-refractivity contribution in [1.29, 1.82) is 0 Å². The average Bonchev–Trinajstić information content (AvgIpc) is 2.63. The molecule has 6 heteroatoms. The predicted octanol–water partition coefficient (Wildman–Crippen LogP) is 4.03. The fourth-order valence-corrected chi connectivity index (χ4v) is 1.23. The summed E-state index contributed by atoms with van der Waals surface area (Å²) in [5, 5.41) is 0. The quantitative estimate of drug-likeness (QED) is 0.304. The van der Waals surface area contributed by atoms with Gasteiger partial charge in [0.05, 0.1) is 25.4 Å². The third kappa shape index (κ3) is 26.2. The summed E-state index contributed by atoms with van der Waals surface area (Å²) in [4.78, 5) is 21.8. The van der Waals surface area contributed by atoms with E-state index in [9.17, 15) is 9.59 Å². The van der Waals surface area contributed by atoms with Gasteiger partial charge in [-0.2, -0.15) is 0 Å². The van der Waals surface area contributed by atoms with Crippen LogP contribution in [0.2, 0.25) is 0 Å². The molecule has 0 spiro atoms. The maximum atomic E-state index is 11.0. The molecule has 0 rings (SSSR count). The van der Waals surface area contributed by atoms with Gasteiger partial charge >= 0.3 is 11.9 Å². The smallest absolute Gasteiger partial charge is 0.330 e. The lowest BCUT2D eigenvalue weighted by molar-refractivity contribution is -0.148. The van der Waals surface area contributed by atoms with E-state index < -0.39 is 11.9 Å². The van der Waals surface area contributed by atoms with Gasteiger partial charge in [0, 0.05) is 12.2 Å². The van der Waals surface area contributed by atoms with Crippen molar-refractivity contribution in [3.8, 4) is 0 Å². The number of allylic oxidation sites excluding steroid dienone is 2. The monoisotopic (exact) mass is 384 g/mol. The molecule has 0 aromatic carbocycles. The molecule has 27 heavy (non-hydrogen) atoms. The Morgan fingerprint density at radius 2 is 1.11 bits per heavy atom. The highest BCUT2D eigenvalue weighted by Gasteiger charge is 2.12. The lowest BCUT2D eigenvalue weighted by atomic mass is 10.4. The van der Waals surface area contributed by atoms with Crippen molar-refractivity contribution >= 4 is 11.9 Å². The fraction of sp³-hybridized carbons (Fsp3) is 0.524. The van der Waals surface area contributed by atoms with Crippen molar-refractivity contribution in [2.75, 3.05) is 19.8 Å². The van der Waals surface area contributed by atoms with Crippen molar-refractivity contribution in [2.24, 2.45) is 0 Å². The molecule has 3 atom stereocenters. The number of ether oxygens (including phenoxy) is 4. The van der Waals surface area contributed by atoms with E-state index in [0.717, 1.165) is 12.2 Å². The summed E-state index contributed by atoms with van der Waals surface area (Å²) in [5.74, 6) is -0.958. The Balaban J connectivity index is -0.000000840. The Bertz CT molecular complexity index is 424. The van der Waals surface area contributed by atoms with Gasteiger partial charge in [0.1, 0.15) is 12.7 Å². The van der Waals surface area contributed by atoms with Crippen molar-refractivity contribution < 1.29 is 28.5 Å². The molecule has 6 nitrogen and oxygen atoms in total. The molecule has 0 aliphatic carbocycles. The molecule has 0 bridgehead atoms. The Morgan fingerprint density at radius 3 is 1.52 bits per heavy atom. The van der Waals surface area contributed by atoms with Gasteiger partial charge < -0.3 is 18.9 Å². The Morgan fingerprint density at radius 1 is 0.741 bits per heavy atom. The van der Waals surface area contributed by atoms with E-state index in [2.05, 4.69) is 26.3 Å². The zero-order valence-corrected chi connectivity index (χ0v) is 17.4. The molecule has 3 unspecified atom stereocenters. The first-order chi connectivity index (χ1) is 12.7. The molecule has 0 fully saturated rings. The summed E-state index contributed by atoms with van der Waals surface area (Å²) in [6.07, 6.45) is 4.94. The number of carbonyl (C=O) groups is 2. The van der Waals surface area contributed by atoms with Crippen molar-refractivity contribution in [3.05, 3.63) is 50.6 Å². The largest absolute Gasteiger partial charge is 0.460 e. The van der Waals surface area contributed by atoms with Crippen molar-refractivity contribution in [3.63, 3.8) is 0 Å². The highest BCUT2D eigenvalue weighted by Crippen LogP contribution is 2.01. The summed E-state index contributed by atoms with van der Waals surface area (Å²) < 4.78 is 20.8. The topological polar surface area (TPSA) is 71.1 Å². The Hall–Kier alpha value is -2.18. The van der Waals surface area contributed by atoms with Gasteiger partial charge in [-0.3, -0.25) is 0 Å². The van der Waals surface area contributed by atoms with Crippen molar-refractivity contribution in [1.82, 2.24) is 0 Å². The van der Waals surface area contributed by atoms with Crippen LogP contribution in [-0.4, -0.2) is 50.1 Å². The van der Waals surface area contributed by atoms with Gasteiger partial charge in [-0.25, -0.2) is 9.59 Å². The van der Waals surface area contributed by atoms with Crippen molar-refractivity contribution in [2.45, 2.75) is 52.9 Å².